The smallest absolute Gasteiger partial charge is 0.196 e. The van der Waals surface area contributed by atoms with Crippen LogP contribution in [0.5, 0.6) is 0 Å². The number of hydrogen-bond acceptors (Lipinski definition) is 3. The molecule has 0 radical (unpaired) electrons. The third-order valence-electron chi connectivity index (χ3n) is 4.40. The monoisotopic (exact) mass is 321 g/mol. The molecule has 2 aromatic carbocycles. The average Bonchev–Trinajstić information content (AvgIpc) is 2.59. The number of hydrogen-bond donors (Lipinski definition) is 1. The van der Waals surface area contributed by atoms with Gasteiger partial charge in [0.05, 0.1) is 5.39 Å². The lowest BCUT2D eigenvalue weighted by atomic mass is 9.99. The van der Waals surface area contributed by atoms with Gasteiger partial charge in [-0.25, -0.2) is 0 Å². The summed E-state index contributed by atoms with van der Waals surface area (Å²) in [5.74, 6) is 0.655. The molecule has 3 rings (SSSR count). The fourth-order valence-electron chi connectivity index (χ4n) is 3.17. The fourth-order valence-corrected chi connectivity index (χ4v) is 3.17. The van der Waals surface area contributed by atoms with Crippen LogP contribution in [0.3, 0.4) is 0 Å². The highest BCUT2D eigenvalue weighted by molar-refractivity contribution is 5.84. The van der Waals surface area contributed by atoms with Gasteiger partial charge in [-0.3, -0.25) is 4.79 Å². The first-order chi connectivity index (χ1) is 11.5. The van der Waals surface area contributed by atoms with Crippen molar-refractivity contribution in [1.29, 1.82) is 0 Å². The van der Waals surface area contributed by atoms with Gasteiger partial charge in [-0.05, 0) is 38.9 Å². The summed E-state index contributed by atoms with van der Waals surface area (Å²) in [4.78, 5) is 12.9. The van der Waals surface area contributed by atoms with Crippen molar-refractivity contribution in [2.75, 3.05) is 6.54 Å². The van der Waals surface area contributed by atoms with E-state index in [0.717, 1.165) is 23.2 Å². The Morgan fingerprint density at radius 1 is 1.12 bits per heavy atom. The summed E-state index contributed by atoms with van der Waals surface area (Å²) in [6.45, 7) is 8.88. The fraction of sp³-hybridized carbons (Fsp3) is 0.286. The first-order valence-corrected chi connectivity index (χ1v) is 8.39. The maximum atomic E-state index is 12.9. The molecule has 1 aromatic heterocycles. The Morgan fingerprint density at radius 2 is 1.83 bits per heavy atom. The van der Waals surface area contributed by atoms with Crippen molar-refractivity contribution in [3.05, 3.63) is 69.4 Å². The van der Waals surface area contributed by atoms with Crippen LogP contribution in [0.2, 0.25) is 0 Å². The van der Waals surface area contributed by atoms with Gasteiger partial charge in [0.25, 0.3) is 0 Å². The molecule has 1 heterocycles. The van der Waals surface area contributed by atoms with Gasteiger partial charge in [0.15, 0.2) is 5.43 Å². The van der Waals surface area contributed by atoms with Crippen molar-refractivity contribution in [2.45, 2.75) is 33.7 Å². The van der Waals surface area contributed by atoms with Gasteiger partial charge in [0.1, 0.15) is 11.3 Å². The summed E-state index contributed by atoms with van der Waals surface area (Å²) in [6.07, 6.45) is 0. The summed E-state index contributed by atoms with van der Waals surface area (Å²) in [5.41, 5.74) is 4.41. The Morgan fingerprint density at radius 3 is 2.50 bits per heavy atom. The predicted octanol–water partition coefficient (Wildman–Crippen LogP) is 4.75. The van der Waals surface area contributed by atoms with Crippen molar-refractivity contribution < 1.29 is 4.42 Å². The third-order valence-corrected chi connectivity index (χ3v) is 4.40. The van der Waals surface area contributed by atoms with E-state index in [2.05, 4.69) is 25.2 Å². The van der Waals surface area contributed by atoms with E-state index >= 15 is 0 Å². The number of nitrogens with one attached hydrogen (secondary N) is 1. The van der Waals surface area contributed by atoms with Crippen molar-refractivity contribution in [3.63, 3.8) is 0 Å². The largest absolute Gasteiger partial charge is 0.455 e. The van der Waals surface area contributed by atoms with Crippen molar-refractivity contribution in [1.82, 2.24) is 5.32 Å². The normalized spacial score (nSPS) is 12.5. The lowest BCUT2D eigenvalue weighted by molar-refractivity contribution is 0.568. The van der Waals surface area contributed by atoms with Crippen LogP contribution in [-0.4, -0.2) is 6.54 Å². The van der Waals surface area contributed by atoms with E-state index in [1.807, 2.05) is 50.2 Å². The zero-order valence-electron chi connectivity index (χ0n) is 14.6. The van der Waals surface area contributed by atoms with Crippen molar-refractivity contribution in [2.24, 2.45) is 0 Å². The molecule has 3 aromatic rings. The molecule has 1 N–H and O–H groups in total. The Bertz CT molecular complexity index is 926. The van der Waals surface area contributed by atoms with Gasteiger partial charge >= 0.3 is 0 Å². The van der Waals surface area contributed by atoms with Crippen LogP contribution in [0.25, 0.3) is 22.3 Å². The van der Waals surface area contributed by atoms with E-state index in [4.69, 9.17) is 4.42 Å². The molecular formula is C21H23NO2. The third kappa shape index (κ3) is 2.87. The Hall–Kier alpha value is -2.39. The number of fused-ring (bicyclic) bond motifs is 1. The van der Waals surface area contributed by atoms with Crippen LogP contribution in [0.1, 0.15) is 36.6 Å². The minimum atomic E-state index is 0.0451. The summed E-state index contributed by atoms with van der Waals surface area (Å²) in [5, 5.41) is 4.07. The van der Waals surface area contributed by atoms with Crippen LogP contribution < -0.4 is 10.7 Å². The molecule has 3 nitrogen and oxygen atoms in total. The molecule has 0 aliphatic rings. The van der Waals surface area contributed by atoms with Crippen molar-refractivity contribution in [3.8, 4) is 11.3 Å². The molecule has 24 heavy (non-hydrogen) atoms. The predicted molar refractivity (Wildman–Crippen MR) is 99.5 cm³/mol. The summed E-state index contributed by atoms with van der Waals surface area (Å²) < 4.78 is 6.27. The van der Waals surface area contributed by atoms with Crippen LogP contribution in [0.4, 0.5) is 0 Å². The molecule has 124 valence electrons. The molecular weight excluding hydrogens is 298 g/mol. The standard InChI is InChI=1S/C21H23NO2/c1-5-22-15(4)17-11-13(2)12-18-19(23)14(3)20(24-21(17)18)16-9-7-6-8-10-16/h6-12,15,22H,5H2,1-4H3. The molecule has 0 saturated carbocycles. The van der Waals surface area contributed by atoms with Crippen molar-refractivity contribution >= 4 is 11.0 Å². The van der Waals surface area contributed by atoms with E-state index in [9.17, 15) is 4.79 Å². The minimum absolute atomic E-state index is 0.0451. The van der Waals surface area contributed by atoms with Gasteiger partial charge in [-0.1, -0.05) is 43.3 Å². The number of aryl methyl sites for hydroxylation is 1. The van der Waals surface area contributed by atoms with Gasteiger partial charge in [0, 0.05) is 22.7 Å². The molecule has 1 atom stereocenters. The van der Waals surface area contributed by atoms with Crippen LogP contribution in [-0.2, 0) is 0 Å². The minimum Gasteiger partial charge on any atom is -0.455 e. The summed E-state index contributed by atoms with van der Waals surface area (Å²) in [7, 11) is 0. The molecule has 0 amide bonds. The molecule has 3 heteroatoms. The summed E-state index contributed by atoms with van der Waals surface area (Å²) >= 11 is 0. The second kappa shape index (κ2) is 6.62. The number of rotatable bonds is 4. The lowest BCUT2D eigenvalue weighted by Gasteiger charge is -2.17. The zero-order chi connectivity index (χ0) is 17.3. The quantitative estimate of drug-likeness (QED) is 0.754. The van der Waals surface area contributed by atoms with Gasteiger partial charge in [-0.2, -0.15) is 0 Å². The first kappa shape index (κ1) is 16.5. The van der Waals surface area contributed by atoms with Crippen LogP contribution >= 0.6 is 0 Å². The van der Waals surface area contributed by atoms with Gasteiger partial charge in [0.2, 0.25) is 0 Å². The first-order valence-electron chi connectivity index (χ1n) is 8.39. The van der Waals surface area contributed by atoms with E-state index in [1.165, 1.54) is 0 Å². The molecule has 0 aliphatic carbocycles. The zero-order valence-corrected chi connectivity index (χ0v) is 14.6. The molecule has 1 unspecified atom stereocenters. The Labute approximate surface area is 142 Å². The molecule has 0 fully saturated rings. The average molecular weight is 321 g/mol. The highest BCUT2D eigenvalue weighted by Gasteiger charge is 2.18. The van der Waals surface area contributed by atoms with E-state index < -0.39 is 0 Å². The van der Waals surface area contributed by atoms with Gasteiger partial charge in [-0.15, -0.1) is 0 Å². The molecule has 0 bridgehead atoms. The highest BCUT2D eigenvalue weighted by Crippen LogP contribution is 2.30. The Kier molecular flexibility index (Phi) is 4.54. The Balaban J connectivity index is 2.35. The van der Waals surface area contributed by atoms with Crippen LogP contribution in [0, 0.1) is 13.8 Å². The summed E-state index contributed by atoms with van der Waals surface area (Å²) in [6, 6.07) is 13.9. The second-order valence-electron chi connectivity index (χ2n) is 6.26. The SMILES string of the molecule is CCNC(C)c1cc(C)cc2c(=O)c(C)c(-c3ccccc3)oc12. The maximum absolute atomic E-state index is 12.9. The molecule has 0 spiro atoms. The highest BCUT2D eigenvalue weighted by atomic mass is 16.3. The molecule has 0 saturated heterocycles. The molecule has 0 aliphatic heterocycles. The van der Waals surface area contributed by atoms with Gasteiger partial charge < -0.3 is 9.73 Å². The van der Waals surface area contributed by atoms with E-state index in [0.29, 0.717) is 22.3 Å². The lowest BCUT2D eigenvalue weighted by Crippen LogP contribution is -2.19. The second-order valence-corrected chi connectivity index (χ2v) is 6.26. The van der Waals surface area contributed by atoms with E-state index in [1.54, 1.807) is 0 Å². The number of benzene rings is 2. The topological polar surface area (TPSA) is 42.2 Å². The van der Waals surface area contributed by atoms with E-state index in [-0.39, 0.29) is 11.5 Å². The van der Waals surface area contributed by atoms with Crippen LogP contribution in [0.15, 0.2) is 51.7 Å². The maximum Gasteiger partial charge on any atom is 0.196 e.